The van der Waals surface area contributed by atoms with Crippen molar-refractivity contribution in [1.29, 1.82) is 0 Å². The Morgan fingerprint density at radius 3 is 2.70 bits per heavy atom. The van der Waals surface area contributed by atoms with Gasteiger partial charge < -0.3 is 35.5 Å². The molecule has 4 heterocycles. The number of hydrogen-bond donors (Lipinski definition) is 3. The second-order valence-electron chi connectivity index (χ2n) is 11.0. The van der Waals surface area contributed by atoms with E-state index in [-0.39, 0.29) is 37.1 Å². The first-order chi connectivity index (χ1) is 22.3. The van der Waals surface area contributed by atoms with Gasteiger partial charge in [0.2, 0.25) is 0 Å². The van der Waals surface area contributed by atoms with Gasteiger partial charge in [0.05, 0.1) is 24.3 Å². The smallest absolute Gasteiger partial charge is 0.258 e. The first-order valence-corrected chi connectivity index (χ1v) is 14.7. The summed E-state index contributed by atoms with van der Waals surface area (Å²) in [6.07, 6.45) is 1.21. The fraction of sp³-hybridized carbons (Fsp3) is 0.235. The molecule has 3 aromatic carbocycles. The molecule has 0 spiro atoms. The van der Waals surface area contributed by atoms with Crippen LogP contribution >= 0.6 is 0 Å². The van der Waals surface area contributed by atoms with Gasteiger partial charge in [-0.3, -0.25) is 14.4 Å². The van der Waals surface area contributed by atoms with E-state index in [1.54, 1.807) is 65.6 Å². The summed E-state index contributed by atoms with van der Waals surface area (Å²) in [6, 6.07) is 18.9. The third-order valence-electron chi connectivity index (χ3n) is 7.96. The van der Waals surface area contributed by atoms with Gasteiger partial charge in [-0.15, -0.1) is 0 Å². The maximum absolute atomic E-state index is 15.2. The van der Waals surface area contributed by atoms with Crippen molar-refractivity contribution in [3.63, 3.8) is 0 Å². The van der Waals surface area contributed by atoms with Gasteiger partial charge in [-0.1, -0.05) is 18.2 Å². The number of anilines is 1. The molecule has 7 rings (SSSR count). The van der Waals surface area contributed by atoms with Gasteiger partial charge in [0.25, 0.3) is 17.7 Å². The van der Waals surface area contributed by atoms with Gasteiger partial charge in [0, 0.05) is 43.9 Å². The molecule has 1 saturated heterocycles. The highest BCUT2D eigenvalue weighted by Crippen LogP contribution is 2.29. The zero-order valence-electron chi connectivity index (χ0n) is 25.0. The Labute approximate surface area is 264 Å². The number of benzene rings is 3. The van der Waals surface area contributed by atoms with Crippen molar-refractivity contribution in [2.24, 2.45) is 0 Å². The molecule has 2 atom stereocenters. The van der Waals surface area contributed by atoms with Crippen molar-refractivity contribution >= 4 is 23.5 Å². The molecule has 0 aliphatic carbocycles. The van der Waals surface area contributed by atoms with E-state index >= 15 is 4.39 Å². The van der Waals surface area contributed by atoms with E-state index in [0.29, 0.717) is 52.7 Å². The van der Waals surface area contributed by atoms with Crippen LogP contribution in [0.2, 0.25) is 0 Å². The van der Waals surface area contributed by atoms with Gasteiger partial charge in [0.15, 0.2) is 6.61 Å². The third-order valence-corrected chi connectivity index (χ3v) is 7.96. The Balaban J connectivity index is 1.35. The molecule has 46 heavy (non-hydrogen) atoms. The number of rotatable bonds is 2. The van der Waals surface area contributed by atoms with Crippen LogP contribution in [0.5, 0.6) is 17.2 Å². The molecule has 6 bridgehead atoms. The predicted molar refractivity (Wildman–Crippen MR) is 167 cm³/mol. The number of ether oxygens (including phenoxy) is 3. The summed E-state index contributed by atoms with van der Waals surface area (Å²) >= 11 is 0. The molecule has 3 aliphatic rings. The Morgan fingerprint density at radius 1 is 1.04 bits per heavy atom. The SMILES string of the molecule is COc1cc2ccc1CNC(=O)COc1cccc(c1)-c1ccc(F)c(c1)C(=O)N[C@@H]1CN(C(=O)c3ccc(N)nc3)CC[C@@H]1O2. The monoisotopic (exact) mass is 625 g/mol. The third kappa shape index (κ3) is 6.70. The average Bonchev–Trinajstić information content (AvgIpc) is 3.07. The average molecular weight is 626 g/mol. The van der Waals surface area contributed by atoms with Gasteiger partial charge >= 0.3 is 0 Å². The Morgan fingerprint density at radius 2 is 1.89 bits per heavy atom. The number of halogens is 1. The molecule has 4 N–H and O–H groups in total. The van der Waals surface area contributed by atoms with E-state index in [1.807, 2.05) is 0 Å². The molecular formula is C34H32FN5O6. The molecule has 3 amide bonds. The van der Waals surface area contributed by atoms with Crippen LogP contribution in [0, 0.1) is 5.82 Å². The molecule has 3 aliphatic heterocycles. The lowest BCUT2D eigenvalue weighted by Gasteiger charge is -2.39. The lowest BCUT2D eigenvalue weighted by molar-refractivity contribution is -0.123. The van der Waals surface area contributed by atoms with Crippen LogP contribution in [0.4, 0.5) is 10.2 Å². The predicted octanol–water partition coefficient (Wildman–Crippen LogP) is 3.58. The topological polar surface area (TPSA) is 145 Å². The number of carbonyl (C=O) groups is 3. The largest absolute Gasteiger partial charge is 0.496 e. The summed E-state index contributed by atoms with van der Waals surface area (Å²) in [7, 11) is 1.51. The number of nitrogens with two attached hydrogens (primary N) is 1. The van der Waals surface area contributed by atoms with Crippen LogP contribution in [0.3, 0.4) is 0 Å². The lowest BCUT2D eigenvalue weighted by atomic mass is 9.99. The summed E-state index contributed by atoms with van der Waals surface area (Å²) in [6.45, 7) is 0.413. The first kappa shape index (κ1) is 30.4. The van der Waals surface area contributed by atoms with Crippen molar-refractivity contribution in [3.05, 3.63) is 102 Å². The molecule has 236 valence electrons. The Hall–Kier alpha value is -5.65. The fourth-order valence-electron chi connectivity index (χ4n) is 5.51. The van der Waals surface area contributed by atoms with Crippen LogP contribution in [0.25, 0.3) is 11.1 Å². The summed E-state index contributed by atoms with van der Waals surface area (Å²) in [5.41, 5.74) is 7.83. The number of pyridine rings is 1. The number of aromatic nitrogens is 1. The molecule has 0 radical (unpaired) electrons. The molecule has 11 nitrogen and oxygen atoms in total. The number of fused-ring (bicyclic) bond motifs is 7. The van der Waals surface area contributed by atoms with Crippen LogP contribution in [-0.4, -0.2) is 66.6 Å². The molecule has 4 aromatic rings. The Bertz CT molecular complexity index is 1780. The maximum atomic E-state index is 15.2. The summed E-state index contributed by atoms with van der Waals surface area (Å²) in [5.74, 6) is -0.306. The molecule has 0 unspecified atom stereocenters. The van der Waals surface area contributed by atoms with Crippen LogP contribution in [0.1, 0.15) is 32.7 Å². The minimum Gasteiger partial charge on any atom is -0.496 e. The van der Waals surface area contributed by atoms with Gasteiger partial charge in [-0.05, 0) is 59.7 Å². The number of carbonyl (C=O) groups excluding carboxylic acids is 3. The van der Waals surface area contributed by atoms with Crippen molar-refractivity contribution in [3.8, 4) is 28.4 Å². The standard InChI is InChI=1S/C34H32FN5O6/c1-44-30-15-25-8-5-22(30)16-38-32(41)19-45-24-4-2-3-20(13-24)21-6-9-27(35)26(14-21)33(42)39-28-18-40(12-11-29(28)46-25)34(43)23-7-10-31(36)37-17-23/h2-10,13-15,17,28-29H,11-12,16,18-19H2,1H3,(H2,36,37)(H,38,41)(H,39,42)/t28-,29+/m1/s1. The second kappa shape index (κ2) is 13.1. The maximum Gasteiger partial charge on any atom is 0.258 e. The summed E-state index contributed by atoms with van der Waals surface area (Å²) in [4.78, 5) is 45.3. The number of hydrogen-bond acceptors (Lipinski definition) is 8. The van der Waals surface area contributed by atoms with E-state index in [4.69, 9.17) is 19.9 Å². The van der Waals surface area contributed by atoms with Crippen molar-refractivity contribution in [2.45, 2.75) is 25.1 Å². The second-order valence-corrected chi connectivity index (χ2v) is 11.0. The van der Waals surface area contributed by atoms with Gasteiger partial charge in [0.1, 0.15) is 35.0 Å². The highest BCUT2D eigenvalue weighted by molar-refractivity contribution is 5.96. The number of nitrogens with one attached hydrogen (secondary N) is 2. The van der Waals surface area contributed by atoms with Crippen molar-refractivity contribution < 1.29 is 33.0 Å². The molecule has 12 heteroatoms. The molecule has 1 fully saturated rings. The summed E-state index contributed by atoms with van der Waals surface area (Å²) in [5, 5.41) is 5.77. The highest BCUT2D eigenvalue weighted by atomic mass is 19.1. The van der Waals surface area contributed by atoms with Crippen LogP contribution in [0.15, 0.2) is 79.0 Å². The Kier molecular flexibility index (Phi) is 8.68. The number of piperidine rings is 1. The number of amides is 3. The zero-order valence-corrected chi connectivity index (χ0v) is 25.0. The fourth-order valence-corrected chi connectivity index (χ4v) is 5.51. The van der Waals surface area contributed by atoms with Gasteiger partial charge in [-0.2, -0.15) is 0 Å². The highest BCUT2D eigenvalue weighted by Gasteiger charge is 2.35. The van der Waals surface area contributed by atoms with E-state index in [9.17, 15) is 14.4 Å². The number of nitrogens with zero attached hydrogens (tertiary/aromatic N) is 2. The van der Waals surface area contributed by atoms with Crippen molar-refractivity contribution in [1.82, 2.24) is 20.5 Å². The van der Waals surface area contributed by atoms with E-state index in [2.05, 4.69) is 15.6 Å². The first-order valence-electron chi connectivity index (χ1n) is 14.7. The molecule has 1 aromatic heterocycles. The van der Waals surface area contributed by atoms with E-state index < -0.39 is 23.9 Å². The minimum atomic E-state index is -0.707. The lowest BCUT2D eigenvalue weighted by Crippen LogP contribution is -2.58. The van der Waals surface area contributed by atoms with E-state index in [1.165, 1.54) is 25.4 Å². The zero-order chi connectivity index (χ0) is 32.2. The van der Waals surface area contributed by atoms with E-state index in [0.717, 1.165) is 5.56 Å². The summed E-state index contributed by atoms with van der Waals surface area (Å²) < 4.78 is 32.8. The van der Waals surface area contributed by atoms with Crippen LogP contribution in [-0.2, 0) is 11.3 Å². The quantitative estimate of drug-likeness (QED) is 0.307. The minimum absolute atomic E-state index is 0.0988. The number of methoxy groups -OCH3 is 1. The molecule has 0 saturated carbocycles. The number of likely N-dealkylation sites (tertiary alicyclic amines) is 1. The van der Waals surface area contributed by atoms with Gasteiger partial charge in [-0.25, -0.2) is 9.37 Å². The van der Waals surface area contributed by atoms with Crippen LogP contribution < -0.4 is 30.6 Å². The molecular weight excluding hydrogens is 593 g/mol. The number of nitrogen functional groups attached to an aromatic ring is 1. The van der Waals surface area contributed by atoms with Crippen molar-refractivity contribution in [2.75, 3.05) is 32.5 Å². The normalized spacial score (nSPS) is 18.3.